The molecule has 33 heavy (non-hydrogen) atoms. The normalized spacial score (nSPS) is 18.6. The van der Waals surface area contributed by atoms with Gasteiger partial charge in [0.05, 0.1) is 30.6 Å². The SMILES string of the molecule is CNCC(O)COc1cc(C#N)cc(C2=N/C(=C(/C=N)C(C)C)NC(N3CCOCC3)=C2)c1. The second kappa shape index (κ2) is 11.6. The molecule has 2 aliphatic heterocycles. The highest BCUT2D eigenvalue weighted by Gasteiger charge is 2.22. The largest absolute Gasteiger partial charge is 0.491 e. The molecule has 176 valence electrons. The van der Waals surface area contributed by atoms with Gasteiger partial charge in [-0.15, -0.1) is 0 Å². The monoisotopic (exact) mass is 452 g/mol. The number of hydrogen-bond donors (Lipinski definition) is 4. The molecule has 1 atom stereocenters. The molecule has 3 rings (SSSR count). The van der Waals surface area contributed by atoms with E-state index in [1.165, 1.54) is 6.21 Å². The van der Waals surface area contributed by atoms with E-state index in [1.54, 1.807) is 19.2 Å². The number of allylic oxidation sites excluding steroid dienone is 2. The zero-order valence-corrected chi connectivity index (χ0v) is 19.4. The Morgan fingerprint density at radius 3 is 2.79 bits per heavy atom. The van der Waals surface area contributed by atoms with Crippen molar-refractivity contribution in [1.29, 1.82) is 10.7 Å². The molecule has 0 spiro atoms. The standard InChI is InChI=1S/C24H32N6O3/c1-16(2)21(13-26)24-28-22(11-23(29-24)30-4-6-32-7-5-30)18-8-17(12-25)9-20(10-18)33-15-19(31)14-27-3/h8-11,13,16,19,26-27,29,31H,4-7,14-15H2,1-3H3/b24-21+,26-13?. The number of ether oxygens (including phenoxy) is 2. The maximum Gasteiger partial charge on any atom is 0.137 e. The predicted molar refractivity (Wildman–Crippen MR) is 127 cm³/mol. The summed E-state index contributed by atoms with van der Waals surface area (Å²) in [6.07, 6.45) is 2.62. The van der Waals surface area contributed by atoms with E-state index < -0.39 is 6.10 Å². The highest BCUT2D eigenvalue weighted by molar-refractivity contribution is 6.10. The third-order valence-corrected chi connectivity index (χ3v) is 5.37. The summed E-state index contributed by atoms with van der Waals surface area (Å²) in [5.74, 6) is 2.10. The summed E-state index contributed by atoms with van der Waals surface area (Å²) < 4.78 is 11.3. The van der Waals surface area contributed by atoms with Crippen LogP contribution >= 0.6 is 0 Å². The molecule has 0 aliphatic carbocycles. The van der Waals surface area contributed by atoms with Gasteiger partial charge in [-0.2, -0.15) is 5.26 Å². The Balaban J connectivity index is 2.02. The molecule has 0 radical (unpaired) electrons. The molecule has 0 bridgehead atoms. The number of aliphatic imine (C=N–C) groups is 1. The third kappa shape index (κ3) is 6.42. The van der Waals surface area contributed by atoms with Crippen LogP contribution in [0.5, 0.6) is 5.75 Å². The predicted octanol–water partition coefficient (Wildman–Crippen LogP) is 1.60. The van der Waals surface area contributed by atoms with Crippen LogP contribution in [-0.4, -0.2) is 74.5 Å². The fourth-order valence-corrected chi connectivity index (χ4v) is 3.62. The number of aliphatic hydroxyl groups is 1. The van der Waals surface area contributed by atoms with Gasteiger partial charge < -0.3 is 35.5 Å². The zero-order chi connectivity index (χ0) is 23.8. The molecule has 1 aromatic carbocycles. The highest BCUT2D eigenvalue weighted by atomic mass is 16.5. The Kier molecular flexibility index (Phi) is 8.60. The van der Waals surface area contributed by atoms with Crippen molar-refractivity contribution in [1.82, 2.24) is 15.5 Å². The Hall–Kier alpha value is -3.19. The number of nitrogens with one attached hydrogen (secondary N) is 3. The van der Waals surface area contributed by atoms with Crippen molar-refractivity contribution in [2.45, 2.75) is 20.0 Å². The minimum absolute atomic E-state index is 0.106. The van der Waals surface area contributed by atoms with Gasteiger partial charge >= 0.3 is 0 Å². The molecule has 1 saturated heterocycles. The summed E-state index contributed by atoms with van der Waals surface area (Å²) in [6, 6.07) is 7.42. The number of morpholine rings is 1. The minimum atomic E-state index is -0.663. The maximum absolute atomic E-state index is 9.97. The second-order valence-electron chi connectivity index (χ2n) is 8.23. The van der Waals surface area contributed by atoms with Crippen molar-refractivity contribution in [3.8, 4) is 11.8 Å². The molecule has 1 unspecified atom stereocenters. The molecule has 0 amide bonds. The van der Waals surface area contributed by atoms with Crippen LogP contribution in [-0.2, 0) is 4.74 Å². The Labute approximate surface area is 194 Å². The van der Waals surface area contributed by atoms with Gasteiger partial charge in [-0.1, -0.05) is 13.8 Å². The second-order valence-corrected chi connectivity index (χ2v) is 8.23. The van der Waals surface area contributed by atoms with Crippen LogP contribution in [0, 0.1) is 22.7 Å². The van der Waals surface area contributed by atoms with Gasteiger partial charge in [0.25, 0.3) is 0 Å². The third-order valence-electron chi connectivity index (χ3n) is 5.37. The molecular formula is C24H32N6O3. The molecule has 2 heterocycles. The summed E-state index contributed by atoms with van der Waals surface area (Å²) in [7, 11) is 1.76. The summed E-state index contributed by atoms with van der Waals surface area (Å²) in [5, 5.41) is 33.7. The topological polar surface area (TPSA) is 126 Å². The first-order valence-corrected chi connectivity index (χ1v) is 11.1. The first-order chi connectivity index (χ1) is 15.9. The lowest BCUT2D eigenvalue weighted by atomic mass is 10.0. The number of hydrogen-bond acceptors (Lipinski definition) is 9. The molecule has 4 N–H and O–H groups in total. The van der Waals surface area contributed by atoms with E-state index in [2.05, 4.69) is 21.6 Å². The van der Waals surface area contributed by atoms with Gasteiger partial charge in [0.1, 0.15) is 30.1 Å². The van der Waals surface area contributed by atoms with Gasteiger partial charge in [0.2, 0.25) is 0 Å². The van der Waals surface area contributed by atoms with Crippen molar-refractivity contribution in [2.24, 2.45) is 10.9 Å². The van der Waals surface area contributed by atoms with E-state index in [1.807, 2.05) is 26.0 Å². The average Bonchev–Trinajstić information content (AvgIpc) is 2.83. The molecule has 0 saturated carbocycles. The van der Waals surface area contributed by atoms with E-state index >= 15 is 0 Å². The number of likely N-dealkylation sites (N-methyl/N-ethyl adjacent to an activating group) is 1. The fraction of sp³-hybridized carbons (Fsp3) is 0.458. The minimum Gasteiger partial charge on any atom is -0.491 e. The first kappa shape index (κ1) is 24.5. The fourth-order valence-electron chi connectivity index (χ4n) is 3.62. The van der Waals surface area contributed by atoms with Gasteiger partial charge in [-0.25, -0.2) is 4.99 Å². The van der Waals surface area contributed by atoms with Crippen LogP contribution in [0.15, 0.2) is 46.5 Å². The Morgan fingerprint density at radius 2 is 2.15 bits per heavy atom. The number of benzene rings is 1. The van der Waals surface area contributed by atoms with Crippen molar-refractivity contribution < 1.29 is 14.6 Å². The lowest BCUT2D eigenvalue weighted by Crippen LogP contribution is -2.41. The Morgan fingerprint density at radius 1 is 1.39 bits per heavy atom. The quantitative estimate of drug-likeness (QED) is 0.419. The van der Waals surface area contributed by atoms with Gasteiger partial charge in [0.15, 0.2) is 0 Å². The molecule has 1 fully saturated rings. The molecule has 0 aromatic heterocycles. The van der Waals surface area contributed by atoms with Crippen LogP contribution < -0.4 is 15.4 Å². The van der Waals surface area contributed by atoms with Crippen molar-refractivity contribution >= 4 is 11.9 Å². The van der Waals surface area contributed by atoms with E-state index in [-0.39, 0.29) is 12.5 Å². The van der Waals surface area contributed by atoms with Crippen LogP contribution in [0.2, 0.25) is 0 Å². The van der Waals surface area contributed by atoms with E-state index in [9.17, 15) is 10.4 Å². The maximum atomic E-state index is 9.97. The molecule has 2 aliphatic rings. The lowest BCUT2D eigenvalue weighted by Gasteiger charge is -2.33. The number of rotatable bonds is 9. The summed E-state index contributed by atoms with van der Waals surface area (Å²) in [5.41, 5.74) is 2.62. The van der Waals surface area contributed by atoms with Crippen LogP contribution in [0.4, 0.5) is 0 Å². The molecule has 9 heteroatoms. The van der Waals surface area contributed by atoms with E-state index in [0.29, 0.717) is 42.6 Å². The van der Waals surface area contributed by atoms with Gasteiger partial charge in [-0.3, -0.25) is 0 Å². The van der Waals surface area contributed by atoms with Gasteiger partial charge in [-0.05, 0) is 31.2 Å². The molecule has 1 aromatic rings. The van der Waals surface area contributed by atoms with E-state index in [0.717, 1.165) is 30.0 Å². The van der Waals surface area contributed by atoms with Crippen molar-refractivity contribution in [3.05, 3.63) is 52.6 Å². The number of nitrogens with zero attached hydrogens (tertiary/aromatic N) is 3. The summed E-state index contributed by atoms with van der Waals surface area (Å²) >= 11 is 0. The first-order valence-electron chi connectivity index (χ1n) is 11.1. The van der Waals surface area contributed by atoms with Gasteiger partial charge in [0, 0.05) is 43.1 Å². The van der Waals surface area contributed by atoms with Crippen molar-refractivity contribution in [3.63, 3.8) is 0 Å². The average molecular weight is 453 g/mol. The van der Waals surface area contributed by atoms with Crippen LogP contribution in [0.25, 0.3) is 0 Å². The van der Waals surface area contributed by atoms with Crippen molar-refractivity contribution in [2.75, 3.05) is 46.5 Å². The zero-order valence-electron chi connectivity index (χ0n) is 19.4. The summed E-state index contributed by atoms with van der Waals surface area (Å²) in [6.45, 7) is 7.34. The smallest absolute Gasteiger partial charge is 0.137 e. The number of nitriles is 1. The molecular weight excluding hydrogens is 420 g/mol. The molecule has 9 nitrogen and oxygen atoms in total. The van der Waals surface area contributed by atoms with Crippen LogP contribution in [0.3, 0.4) is 0 Å². The Bertz CT molecular complexity index is 986. The lowest BCUT2D eigenvalue weighted by molar-refractivity contribution is 0.0510. The number of aliphatic hydroxyl groups excluding tert-OH is 1. The summed E-state index contributed by atoms with van der Waals surface area (Å²) in [4.78, 5) is 7.00. The van der Waals surface area contributed by atoms with Crippen LogP contribution in [0.1, 0.15) is 25.0 Å². The highest BCUT2D eigenvalue weighted by Crippen LogP contribution is 2.24. The van der Waals surface area contributed by atoms with E-state index in [4.69, 9.17) is 19.9 Å².